The zero-order valence-corrected chi connectivity index (χ0v) is 15.8. The third-order valence-corrected chi connectivity index (χ3v) is 4.61. The minimum absolute atomic E-state index is 0.228. The fourth-order valence-electron chi connectivity index (χ4n) is 3.16. The molecule has 6 nitrogen and oxygen atoms in total. The van der Waals surface area contributed by atoms with Gasteiger partial charge in [0.2, 0.25) is 5.91 Å². The van der Waals surface area contributed by atoms with E-state index in [-0.39, 0.29) is 18.7 Å². The number of para-hydroxylation sites is 1. The fourth-order valence-corrected chi connectivity index (χ4v) is 3.16. The number of carboxylic acids is 1. The third-order valence-electron chi connectivity index (χ3n) is 4.61. The predicted octanol–water partition coefficient (Wildman–Crippen LogP) is 3.31. The summed E-state index contributed by atoms with van der Waals surface area (Å²) in [6.45, 7) is 2.53. The molecule has 1 atom stereocenters. The first-order valence-corrected chi connectivity index (χ1v) is 9.35. The molecule has 0 aliphatic carbocycles. The zero-order valence-electron chi connectivity index (χ0n) is 15.8. The number of aromatic amines is 1. The van der Waals surface area contributed by atoms with E-state index in [1.165, 1.54) is 0 Å². The molecule has 6 heteroatoms. The van der Waals surface area contributed by atoms with E-state index in [9.17, 15) is 14.7 Å². The van der Waals surface area contributed by atoms with Crippen molar-refractivity contribution in [2.45, 2.75) is 32.2 Å². The summed E-state index contributed by atoms with van der Waals surface area (Å²) in [5, 5.41) is 13.1. The number of nitrogens with one attached hydrogen (secondary N) is 2. The standard InChI is InChI=1S/C22H24N2O4/c1-2-28-17-10-7-15(8-11-17)9-12-21(25)24-20(22(26)27)13-16-14-23-19-6-4-3-5-18(16)19/h3-8,10-11,14,20,23H,2,9,12-13H2,1H3,(H,24,25)(H,26,27). The van der Waals surface area contributed by atoms with Gasteiger partial charge in [-0.25, -0.2) is 4.79 Å². The van der Waals surface area contributed by atoms with Gasteiger partial charge in [0.25, 0.3) is 0 Å². The van der Waals surface area contributed by atoms with Crippen LogP contribution in [0.3, 0.4) is 0 Å². The lowest BCUT2D eigenvalue weighted by Gasteiger charge is -2.14. The molecule has 2 aromatic carbocycles. The summed E-state index contributed by atoms with van der Waals surface area (Å²) in [6, 6.07) is 14.3. The van der Waals surface area contributed by atoms with Gasteiger partial charge in [0.1, 0.15) is 11.8 Å². The van der Waals surface area contributed by atoms with E-state index in [2.05, 4.69) is 10.3 Å². The van der Waals surface area contributed by atoms with Gasteiger partial charge in [-0.05, 0) is 42.7 Å². The van der Waals surface area contributed by atoms with Gasteiger partial charge in [0, 0.05) is 29.9 Å². The second-order valence-electron chi connectivity index (χ2n) is 6.60. The number of hydrogen-bond donors (Lipinski definition) is 3. The number of ether oxygens (including phenoxy) is 1. The molecule has 0 aliphatic rings. The quantitative estimate of drug-likeness (QED) is 0.531. The van der Waals surface area contributed by atoms with E-state index < -0.39 is 12.0 Å². The molecule has 146 valence electrons. The van der Waals surface area contributed by atoms with E-state index in [1.807, 2.05) is 55.5 Å². The highest BCUT2D eigenvalue weighted by Crippen LogP contribution is 2.19. The molecule has 3 N–H and O–H groups in total. The molecule has 1 amide bonds. The van der Waals surface area contributed by atoms with Crippen LogP contribution in [-0.4, -0.2) is 34.6 Å². The molecule has 0 radical (unpaired) electrons. The first-order chi connectivity index (χ1) is 13.6. The van der Waals surface area contributed by atoms with Gasteiger partial charge in [-0.2, -0.15) is 0 Å². The van der Waals surface area contributed by atoms with Crippen molar-refractivity contribution < 1.29 is 19.4 Å². The number of rotatable bonds is 9. The Labute approximate surface area is 163 Å². The van der Waals surface area contributed by atoms with Gasteiger partial charge in [-0.3, -0.25) is 4.79 Å². The maximum atomic E-state index is 12.3. The maximum absolute atomic E-state index is 12.3. The van der Waals surface area contributed by atoms with E-state index in [1.54, 1.807) is 6.20 Å². The number of fused-ring (bicyclic) bond motifs is 1. The summed E-state index contributed by atoms with van der Waals surface area (Å²) in [6.07, 6.45) is 2.80. The van der Waals surface area contributed by atoms with Crippen LogP contribution in [0.15, 0.2) is 54.7 Å². The van der Waals surface area contributed by atoms with E-state index >= 15 is 0 Å². The summed E-state index contributed by atoms with van der Waals surface area (Å²) in [5.74, 6) is -0.527. The van der Waals surface area contributed by atoms with Gasteiger partial charge in [-0.1, -0.05) is 30.3 Å². The third kappa shape index (κ3) is 4.91. The van der Waals surface area contributed by atoms with Gasteiger partial charge >= 0.3 is 5.97 Å². The molecule has 0 aliphatic heterocycles. The van der Waals surface area contributed by atoms with Crippen molar-refractivity contribution in [3.63, 3.8) is 0 Å². The Bertz CT molecular complexity index is 947. The summed E-state index contributed by atoms with van der Waals surface area (Å²) in [5.41, 5.74) is 2.82. The number of amides is 1. The van der Waals surface area contributed by atoms with Crippen molar-refractivity contribution in [3.05, 3.63) is 65.9 Å². The minimum Gasteiger partial charge on any atom is -0.494 e. The van der Waals surface area contributed by atoms with E-state index in [0.29, 0.717) is 13.0 Å². The number of benzene rings is 2. The van der Waals surface area contributed by atoms with Crippen LogP contribution in [0.25, 0.3) is 10.9 Å². The van der Waals surface area contributed by atoms with Crippen molar-refractivity contribution in [2.75, 3.05) is 6.61 Å². The number of aryl methyl sites for hydroxylation is 1. The summed E-state index contributed by atoms with van der Waals surface area (Å²) >= 11 is 0. The number of carbonyl (C=O) groups is 2. The first kappa shape index (κ1) is 19.5. The number of aliphatic carboxylic acids is 1. The molecule has 1 unspecified atom stereocenters. The summed E-state index contributed by atoms with van der Waals surface area (Å²) in [7, 11) is 0. The molecule has 1 heterocycles. The van der Waals surface area contributed by atoms with Crippen LogP contribution in [0.4, 0.5) is 0 Å². The van der Waals surface area contributed by atoms with Crippen LogP contribution in [0.2, 0.25) is 0 Å². The topological polar surface area (TPSA) is 91.4 Å². The first-order valence-electron chi connectivity index (χ1n) is 9.35. The lowest BCUT2D eigenvalue weighted by molar-refractivity contribution is -0.141. The van der Waals surface area contributed by atoms with Crippen LogP contribution in [0, 0.1) is 0 Å². The van der Waals surface area contributed by atoms with Crippen LogP contribution in [0.1, 0.15) is 24.5 Å². The van der Waals surface area contributed by atoms with Crippen LogP contribution >= 0.6 is 0 Å². The Morgan fingerprint density at radius 1 is 1.14 bits per heavy atom. The highest BCUT2D eigenvalue weighted by molar-refractivity contribution is 5.86. The monoisotopic (exact) mass is 380 g/mol. The molecule has 0 spiro atoms. The average molecular weight is 380 g/mol. The van der Waals surface area contributed by atoms with Crippen LogP contribution in [0.5, 0.6) is 5.75 Å². The van der Waals surface area contributed by atoms with Gasteiger partial charge in [0.05, 0.1) is 6.61 Å². The van der Waals surface area contributed by atoms with Gasteiger partial charge in [0.15, 0.2) is 0 Å². The highest BCUT2D eigenvalue weighted by atomic mass is 16.5. The number of carboxylic acid groups (broad SMARTS) is 1. The molecule has 3 aromatic rings. The SMILES string of the molecule is CCOc1ccc(CCC(=O)NC(Cc2c[nH]c3ccccc23)C(=O)O)cc1. The summed E-state index contributed by atoms with van der Waals surface area (Å²) < 4.78 is 5.40. The Morgan fingerprint density at radius 3 is 2.61 bits per heavy atom. The van der Waals surface area contributed by atoms with Crippen molar-refractivity contribution in [1.29, 1.82) is 0 Å². The van der Waals surface area contributed by atoms with Gasteiger partial charge in [-0.15, -0.1) is 0 Å². The largest absolute Gasteiger partial charge is 0.494 e. The highest BCUT2D eigenvalue weighted by Gasteiger charge is 2.21. The second kappa shape index (κ2) is 9.08. The summed E-state index contributed by atoms with van der Waals surface area (Å²) in [4.78, 5) is 27.0. The van der Waals surface area contributed by atoms with E-state index in [0.717, 1.165) is 27.8 Å². The fraction of sp³-hybridized carbons (Fsp3) is 0.273. The Kier molecular flexibility index (Phi) is 6.32. The normalized spacial score (nSPS) is 11.9. The Balaban J connectivity index is 1.57. The number of hydrogen-bond acceptors (Lipinski definition) is 3. The van der Waals surface area contributed by atoms with Crippen LogP contribution < -0.4 is 10.1 Å². The van der Waals surface area contributed by atoms with Crippen molar-refractivity contribution in [3.8, 4) is 5.75 Å². The zero-order chi connectivity index (χ0) is 19.9. The van der Waals surface area contributed by atoms with Gasteiger partial charge < -0.3 is 20.1 Å². The Hall–Kier alpha value is -3.28. The Morgan fingerprint density at radius 2 is 1.89 bits per heavy atom. The minimum atomic E-state index is -1.04. The molecular weight excluding hydrogens is 356 g/mol. The molecule has 0 fully saturated rings. The van der Waals surface area contributed by atoms with E-state index in [4.69, 9.17) is 4.74 Å². The molecule has 0 bridgehead atoms. The molecular formula is C22H24N2O4. The second-order valence-corrected chi connectivity index (χ2v) is 6.60. The van der Waals surface area contributed by atoms with Crippen LogP contribution in [-0.2, 0) is 22.4 Å². The lowest BCUT2D eigenvalue weighted by Crippen LogP contribution is -2.42. The lowest BCUT2D eigenvalue weighted by atomic mass is 10.0. The molecule has 3 rings (SSSR count). The number of carbonyl (C=O) groups excluding carboxylic acids is 1. The van der Waals surface area contributed by atoms with Crippen molar-refractivity contribution in [1.82, 2.24) is 10.3 Å². The smallest absolute Gasteiger partial charge is 0.326 e. The number of aromatic nitrogens is 1. The molecule has 28 heavy (non-hydrogen) atoms. The van der Waals surface area contributed by atoms with Crippen molar-refractivity contribution >= 4 is 22.8 Å². The number of H-pyrrole nitrogens is 1. The maximum Gasteiger partial charge on any atom is 0.326 e. The van der Waals surface area contributed by atoms with Crippen molar-refractivity contribution in [2.24, 2.45) is 0 Å². The molecule has 1 aromatic heterocycles. The predicted molar refractivity (Wildman–Crippen MR) is 108 cm³/mol. The average Bonchev–Trinajstić information content (AvgIpc) is 3.10. The molecule has 0 saturated carbocycles. The molecule has 0 saturated heterocycles.